The summed E-state index contributed by atoms with van der Waals surface area (Å²) in [6.45, 7) is 2.85. The highest BCUT2D eigenvalue weighted by atomic mass is 16.8. The van der Waals surface area contributed by atoms with Crippen LogP contribution < -0.4 is 4.74 Å². The zero-order valence-electron chi connectivity index (χ0n) is 10.3. The van der Waals surface area contributed by atoms with E-state index in [-0.39, 0.29) is 12.6 Å². The second kappa shape index (κ2) is 6.62. The fourth-order valence-corrected chi connectivity index (χ4v) is 1.85. The maximum atomic E-state index is 5.80. The molecular weight excluding hydrogens is 216 g/mol. The van der Waals surface area contributed by atoms with Crippen molar-refractivity contribution in [2.24, 2.45) is 0 Å². The van der Waals surface area contributed by atoms with Crippen LogP contribution in [0.1, 0.15) is 32.6 Å². The second-order valence-corrected chi connectivity index (χ2v) is 4.20. The fraction of sp³-hybridized carbons (Fsp3) is 0.571. The van der Waals surface area contributed by atoms with Crippen LogP contribution in [0.25, 0.3) is 0 Å². The number of ether oxygens (including phenoxy) is 3. The van der Waals surface area contributed by atoms with Crippen molar-refractivity contribution < 1.29 is 14.2 Å². The maximum absolute atomic E-state index is 5.80. The van der Waals surface area contributed by atoms with Gasteiger partial charge < -0.3 is 14.2 Å². The smallest absolute Gasteiger partial charge is 0.202 e. The molecule has 2 rings (SSSR count). The van der Waals surface area contributed by atoms with Gasteiger partial charge in [0.1, 0.15) is 5.75 Å². The highest BCUT2D eigenvalue weighted by Crippen LogP contribution is 2.19. The largest absolute Gasteiger partial charge is 0.465 e. The Hall–Kier alpha value is -1.06. The summed E-state index contributed by atoms with van der Waals surface area (Å²) >= 11 is 0. The lowest BCUT2D eigenvalue weighted by Gasteiger charge is -2.27. The molecule has 2 atom stereocenters. The summed E-state index contributed by atoms with van der Waals surface area (Å²) in [5, 5.41) is 0. The maximum Gasteiger partial charge on any atom is 0.202 e. The van der Waals surface area contributed by atoms with Gasteiger partial charge in [-0.3, -0.25) is 0 Å². The fourth-order valence-electron chi connectivity index (χ4n) is 1.85. The zero-order chi connectivity index (χ0) is 11.9. The number of hydrogen-bond donors (Lipinski definition) is 0. The lowest BCUT2D eigenvalue weighted by molar-refractivity contribution is -0.231. The van der Waals surface area contributed by atoms with E-state index < -0.39 is 0 Å². The molecule has 94 valence electrons. The molecular formula is C14H20O3. The van der Waals surface area contributed by atoms with E-state index in [1.165, 1.54) is 6.42 Å². The van der Waals surface area contributed by atoms with E-state index in [9.17, 15) is 0 Å². The summed E-state index contributed by atoms with van der Waals surface area (Å²) in [6, 6.07) is 9.76. The quantitative estimate of drug-likeness (QED) is 0.734. The van der Waals surface area contributed by atoms with E-state index >= 15 is 0 Å². The SMILES string of the molecule is CCC(Oc1ccccc1)OC1CCCCO1. The third-order valence-electron chi connectivity index (χ3n) is 2.79. The van der Waals surface area contributed by atoms with Crippen LogP contribution in [0.15, 0.2) is 30.3 Å². The van der Waals surface area contributed by atoms with Gasteiger partial charge in [-0.25, -0.2) is 0 Å². The highest BCUT2D eigenvalue weighted by Gasteiger charge is 2.19. The summed E-state index contributed by atoms with van der Waals surface area (Å²) in [7, 11) is 0. The van der Waals surface area contributed by atoms with Crippen molar-refractivity contribution in [1.82, 2.24) is 0 Å². The van der Waals surface area contributed by atoms with Gasteiger partial charge in [0.15, 0.2) is 6.29 Å². The second-order valence-electron chi connectivity index (χ2n) is 4.20. The standard InChI is InChI=1S/C14H20O3/c1-2-13(16-12-8-4-3-5-9-12)17-14-10-6-7-11-15-14/h3-5,8-9,13-14H,2,6-7,10-11H2,1H3. The molecule has 1 aromatic carbocycles. The third-order valence-corrected chi connectivity index (χ3v) is 2.79. The topological polar surface area (TPSA) is 27.7 Å². The molecule has 0 amide bonds. The van der Waals surface area contributed by atoms with E-state index in [0.29, 0.717) is 0 Å². The van der Waals surface area contributed by atoms with Crippen molar-refractivity contribution in [3.8, 4) is 5.75 Å². The molecule has 0 N–H and O–H groups in total. The van der Waals surface area contributed by atoms with E-state index in [1.54, 1.807) is 0 Å². The van der Waals surface area contributed by atoms with Crippen LogP contribution in [0.5, 0.6) is 5.75 Å². The molecule has 1 aliphatic rings. The van der Waals surface area contributed by atoms with Crippen molar-refractivity contribution in [2.45, 2.75) is 45.2 Å². The first-order valence-corrected chi connectivity index (χ1v) is 6.37. The van der Waals surface area contributed by atoms with Crippen LogP contribution in [0.2, 0.25) is 0 Å². The van der Waals surface area contributed by atoms with Gasteiger partial charge in [0.25, 0.3) is 0 Å². The van der Waals surface area contributed by atoms with Crippen LogP contribution in [-0.4, -0.2) is 19.2 Å². The number of para-hydroxylation sites is 1. The van der Waals surface area contributed by atoms with Crippen LogP contribution in [0.4, 0.5) is 0 Å². The summed E-state index contributed by atoms with van der Waals surface area (Å²) in [6.07, 6.45) is 3.77. The predicted molar refractivity (Wildman–Crippen MR) is 65.8 cm³/mol. The Morgan fingerprint density at radius 1 is 1.29 bits per heavy atom. The van der Waals surface area contributed by atoms with Crippen molar-refractivity contribution in [3.05, 3.63) is 30.3 Å². The van der Waals surface area contributed by atoms with Gasteiger partial charge in [0.2, 0.25) is 6.29 Å². The Balaban J connectivity index is 1.83. The molecule has 0 saturated carbocycles. The van der Waals surface area contributed by atoms with Crippen molar-refractivity contribution >= 4 is 0 Å². The molecule has 0 aliphatic carbocycles. The third kappa shape index (κ3) is 4.02. The highest BCUT2D eigenvalue weighted by molar-refractivity contribution is 5.20. The van der Waals surface area contributed by atoms with Crippen molar-refractivity contribution in [2.75, 3.05) is 6.61 Å². The van der Waals surface area contributed by atoms with E-state index in [0.717, 1.165) is 31.6 Å². The van der Waals surface area contributed by atoms with E-state index in [4.69, 9.17) is 14.2 Å². The Morgan fingerprint density at radius 3 is 2.76 bits per heavy atom. The van der Waals surface area contributed by atoms with E-state index in [1.807, 2.05) is 30.3 Å². The average Bonchev–Trinajstić information content (AvgIpc) is 2.40. The van der Waals surface area contributed by atoms with Crippen LogP contribution in [0.3, 0.4) is 0 Å². The van der Waals surface area contributed by atoms with Gasteiger partial charge in [-0.2, -0.15) is 0 Å². The molecule has 1 aliphatic heterocycles. The molecule has 1 saturated heterocycles. The molecule has 0 spiro atoms. The van der Waals surface area contributed by atoms with Gasteiger partial charge >= 0.3 is 0 Å². The van der Waals surface area contributed by atoms with Crippen LogP contribution in [-0.2, 0) is 9.47 Å². The molecule has 1 fully saturated rings. The lowest BCUT2D eigenvalue weighted by Crippen LogP contribution is -2.30. The van der Waals surface area contributed by atoms with Crippen molar-refractivity contribution in [1.29, 1.82) is 0 Å². The summed E-state index contributed by atoms with van der Waals surface area (Å²) in [5.41, 5.74) is 0. The Morgan fingerprint density at radius 2 is 2.12 bits per heavy atom. The molecule has 2 unspecified atom stereocenters. The van der Waals surface area contributed by atoms with Crippen LogP contribution >= 0.6 is 0 Å². The monoisotopic (exact) mass is 236 g/mol. The molecule has 0 radical (unpaired) electrons. The average molecular weight is 236 g/mol. The Kier molecular flexibility index (Phi) is 4.83. The van der Waals surface area contributed by atoms with Gasteiger partial charge in [0.05, 0.1) is 0 Å². The predicted octanol–water partition coefficient (Wildman–Crippen LogP) is 3.34. The molecule has 0 bridgehead atoms. The molecule has 3 heteroatoms. The Labute approximate surface area is 103 Å². The summed E-state index contributed by atoms with van der Waals surface area (Å²) in [5.74, 6) is 0.843. The van der Waals surface area contributed by atoms with Gasteiger partial charge in [-0.15, -0.1) is 0 Å². The molecule has 1 aromatic rings. The van der Waals surface area contributed by atoms with Crippen molar-refractivity contribution in [3.63, 3.8) is 0 Å². The number of benzene rings is 1. The lowest BCUT2D eigenvalue weighted by atomic mass is 10.2. The summed E-state index contributed by atoms with van der Waals surface area (Å²) in [4.78, 5) is 0. The Bertz CT molecular complexity index is 307. The van der Waals surface area contributed by atoms with Gasteiger partial charge in [-0.1, -0.05) is 25.1 Å². The molecule has 1 heterocycles. The van der Waals surface area contributed by atoms with Crippen LogP contribution in [0, 0.1) is 0 Å². The van der Waals surface area contributed by atoms with E-state index in [2.05, 4.69) is 6.92 Å². The molecule has 3 nitrogen and oxygen atoms in total. The molecule has 0 aromatic heterocycles. The normalized spacial score (nSPS) is 22.1. The van der Waals surface area contributed by atoms with Gasteiger partial charge in [-0.05, 0) is 31.4 Å². The van der Waals surface area contributed by atoms with Gasteiger partial charge in [0, 0.05) is 13.0 Å². The minimum atomic E-state index is -0.222. The number of rotatable bonds is 5. The first-order chi connectivity index (χ1) is 8.38. The number of hydrogen-bond acceptors (Lipinski definition) is 3. The summed E-state index contributed by atoms with van der Waals surface area (Å²) < 4.78 is 17.1. The molecule has 17 heavy (non-hydrogen) atoms. The first kappa shape index (κ1) is 12.4. The first-order valence-electron chi connectivity index (χ1n) is 6.37. The zero-order valence-corrected chi connectivity index (χ0v) is 10.3. The minimum Gasteiger partial charge on any atom is -0.465 e. The minimum absolute atomic E-state index is 0.0996.